The lowest BCUT2D eigenvalue weighted by Crippen LogP contribution is -2.37. The lowest BCUT2D eigenvalue weighted by Gasteiger charge is -2.28. The summed E-state index contributed by atoms with van der Waals surface area (Å²) in [6.45, 7) is 5.22. The van der Waals surface area contributed by atoms with Crippen molar-refractivity contribution in [3.63, 3.8) is 0 Å². The van der Waals surface area contributed by atoms with E-state index in [2.05, 4.69) is 40.2 Å². The van der Waals surface area contributed by atoms with E-state index in [0.29, 0.717) is 84.3 Å². The highest BCUT2D eigenvalue weighted by molar-refractivity contribution is 5.94. The molecule has 2 saturated heterocycles. The second-order valence-corrected chi connectivity index (χ2v) is 14.9. The number of nitrogens with zero attached hydrogens (tertiary/aromatic N) is 8. The van der Waals surface area contributed by atoms with Crippen molar-refractivity contribution in [2.45, 2.75) is 6.36 Å². The first-order valence-electron chi connectivity index (χ1n) is 20.5. The standard InChI is InChI=1S/C23H20F3N5O4.C22H21N5O3/c1-33-15-9-14(10-16(11-15)35-23(24,25)26)31-13-19(28-29-31)17-3-2-4-18-20(32)12-21(27-22(17)18)30-5-7-34-8-6-30;1-29-20-8-3-2-7-18(20)27-14-17(24-25-27)15-5-4-6-16-19(28)13-21(23-22(15)16)26-9-11-30-12-10-26/h2-4,9-13H,5-8H2,1H3,(H,27,32);2-8,13-14H,9-12H2,1H3,(H,23,28). The quantitative estimate of drug-likeness (QED) is 0.169. The van der Waals surface area contributed by atoms with Crippen LogP contribution in [0.5, 0.6) is 17.2 Å². The molecule has 2 N–H and O–H groups in total. The normalized spacial score (nSPS) is 14.3. The van der Waals surface area contributed by atoms with Crippen molar-refractivity contribution in [2.75, 3.05) is 76.6 Å². The predicted octanol–water partition coefficient (Wildman–Crippen LogP) is 6.14. The maximum Gasteiger partial charge on any atom is 0.573 e. The summed E-state index contributed by atoms with van der Waals surface area (Å²) >= 11 is 0. The zero-order valence-electron chi connectivity index (χ0n) is 35.0. The zero-order chi connectivity index (χ0) is 45.1. The molecule has 17 nitrogen and oxygen atoms in total. The van der Waals surface area contributed by atoms with Gasteiger partial charge >= 0.3 is 6.36 Å². The van der Waals surface area contributed by atoms with Crippen molar-refractivity contribution in [3.05, 3.63) is 124 Å². The van der Waals surface area contributed by atoms with Gasteiger partial charge in [0.25, 0.3) is 0 Å². The third-order valence-electron chi connectivity index (χ3n) is 10.9. The van der Waals surface area contributed by atoms with Gasteiger partial charge in [0.05, 0.1) is 69.8 Å². The number of aromatic amines is 2. The molecule has 334 valence electrons. The van der Waals surface area contributed by atoms with Gasteiger partial charge in [-0.05, 0) is 24.3 Å². The van der Waals surface area contributed by atoms with Crippen LogP contribution in [0.15, 0.2) is 113 Å². The fourth-order valence-electron chi connectivity index (χ4n) is 7.73. The van der Waals surface area contributed by atoms with E-state index in [0.717, 1.165) is 41.7 Å². The van der Waals surface area contributed by atoms with E-state index in [1.165, 1.54) is 23.9 Å². The summed E-state index contributed by atoms with van der Waals surface area (Å²) < 4.78 is 66.6. The number of methoxy groups -OCH3 is 2. The number of alkyl halides is 3. The molecule has 0 unspecified atom stereocenters. The number of fused-ring (bicyclic) bond motifs is 2. The van der Waals surface area contributed by atoms with Crippen molar-refractivity contribution in [2.24, 2.45) is 0 Å². The van der Waals surface area contributed by atoms with E-state index in [4.69, 9.17) is 18.9 Å². The molecule has 0 saturated carbocycles. The lowest BCUT2D eigenvalue weighted by molar-refractivity contribution is -0.274. The summed E-state index contributed by atoms with van der Waals surface area (Å²) in [6.07, 6.45) is -1.46. The Kier molecular flexibility index (Phi) is 11.9. The minimum absolute atomic E-state index is 0.0239. The minimum Gasteiger partial charge on any atom is -0.497 e. The second-order valence-electron chi connectivity index (χ2n) is 14.9. The molecule has 10 rings (SSSR count). The summed E-state index contributed by atoms with van der Waals surface area (Å²) in [5.41, 5.74) is 4.75. The fourth-order valence-corrected chi connectivity index (χ4v) is 7.73. The number of pyridine rings is 2. The van der Waals surface area contributed by atoms with Gasteiger partial charge in [-0.3, -0.25) is 9.59 Å². The van der Waals surface area contributed by atoms with Gasteiger partial charge in [0.15, 0.2) is 10.9 Å². The molecule has 0 amide bonds. The van der Waals surface area contributed by atoms with Crippen LogP contribution in [0.1, 0.15) is 0 Å². The molecule has 0 bridgehead atoms. The van der Waals surface area contributed by atoms with Crippen LogP contribution in [0.4, 0.5) is 24.8 Å². The Bertz CT molecular complexity index is 3100. The van der Waals surface area contributed by atoms with Gasteiger partial charge in [0.1, 0.15) is 46.0 Å². The number of ether oxygens (including phenoxy) is 5. The Morgan fingerprint density at radius 3 is 1.68 bits per heavy atom. The van der Waals surface area contributed by atoms with Crippen molar-refractivity contribution in [1.82, 2.24) is 40.0 Å². The van der Waals surface area contributed by atoms with Gasteiger partial charge in [0.2, 0.25) is 0 Å². The molecule has 4 aromatic heterocycles. The van der Waals surface area contributed by atoms with Crippen LogP contribution in [-0.2, 0) is 9.47 Å². The zero-order valence-corrected chi connectivity index (χ0v) is 35.0. The third-order valence-corrected chi connectivity index (χ3v) is 10.9. The number of morpholine rings is 2. The number of aromatic nitrogens is 8. The van der Waals surface area contributed by atoms with Gasteiger partial charge in [0, 0.05) is 78.4 Å². The first kappa shape index (κ1) is 42.6. The Labute approximate surface area is 367 Å². The molecule has 4 aromatic carbocycles. The Balaban J connectivity index is 0.000000166. The maximum absolute atomic E-state index is 12.8. The monoisotopic (exact) mass is 890 g/mol. The number of rotatable bonds is 9. The second kappa shape index (κ2) is 18.2. The van der Waals surface area contributed by atoms with Crippen molar-refractivity contribution in [1.29, 1.82) is 0 Å². The molecule has 20 heteroatoms. The number of H-pyrrole nitrogens is 2. The van der Waals surface area contributed by atoms with E-state index in [9.17, 15) is 22.8 Å². The maximum atomic E-state index is 12.8. The third kappa shape index (κ3) is 9.20. The number of nitrogens with one attached hydrogen (secondary N) is 2. The predicted molar refractivity (Wildman–Crippen MR) is 236 cm³/mol. The molecule has 0 atom stereocenters. The number of halogens is 3. The average molecular weight is 891 g/mol. The number of benzene rings is 4. The summed E-state index contributed by atoms with van der Waals surface area (Å²) in [5.74, 6) is 1.87. The average Bonchev–Trinajstić information content (AvgIpc) is 4.03. The molecular weight excluding hydrogens is 850 g/mol. The van der Waals surface area contributed by atoms with E-state index in [1.807, 2.05) is 53.6 Å². The largest absolute Gasteiger partial charge is 0.573 e. The highest BCUT2D eigenvalue weighted by Gasteiger charge is 2.31. The molecule has 0 spiro atoms. The molecule has 2 aliphatic rings. The van der Waals surface area contributed by atoms with Gasteiger partial charge in [-0.2, -0.15) is 0 Å². The minimum atomic E-state index is -4.86. The van der Waals surface area contributed by atoms with E-state index >= 15 is 0 Å². The van der Waals surface area contributed by atoms with Crippen LogP contribution >= 0.6 is 0 Å². The van der Waals surface area contributed by atoms with Crippen LogP contribution in [-0.4, -0.2) is 113 Å². The van der Waals surface area contributed by atoms with Gasteiger partial charge in [-0.15, -0.1) is 23.4 Å². The molecule has 2 fully saturated rings. The molecule has 2 aliphatic heterocycles. The molecule has 65 heavy (non-hydrogen) atoms. The molecular formula is C45H41F3N10O7. The van der Waals surface area contributed by atoms with Gasteiger partial charge in [-0.1, -0.05) is 46.8 Å². The Morgan fingerprint density at radius 2 is 1.14 bits per heavy atom. The van der Waals surface area contributed by atoms with E-state index < -0.39 is 12.1 Å². The van der Waals surface area contributed by atoms with Crippen LogP contribution in [0, 0.1) is 0 Å². The molecule has 0 radical (unpaired) electrons. The Hall–Kier alpha value is -7.71. The number of hydrogen-bond donors (Lipinski definition) is 2. The first-order chi connectivity index (χ1) is 31.5. The van der Waals surface area contributed by atoms with Gasteiger partial charge in [-0.25, -0.2) is 9.36 Å². The van der Waals surface area contributed by atoms with Crippen LogP contribution in [0.25, 0.3) is 55.7 Å². The molecule has 0 aliphatic carbocycles. The van der Waals surface area contributed by atoms with Crippen LogP contribution in [0.2, 0.25) is 0 Å². The highest BCUT2D eigenvalue weighted by atomic mass is 19.4. The van der Waals surface area contributed by atoms with Crippen molar-refractivity contribution < 1.29 is 36.9 Å². The van der Waals surface area contributed by atoms with E-state index in [1.54, 1.807) is 48.3 Å². The SMILES string of the molecule is COc1cc(OC(F)(F)F)cc(-n2cc(-c3cccc4c(=O)cc(N5CCOCC5)[nH]c34)nn2)c1.COc1ccccc1-n1cc(-c2cccc3c(=O)cc(N4CCOCC4)[nH]c23)nn1. The van der Waals surface area contributed by atoms with Gasteiger partial charge < -0.3 is 43.5 Å². The van der Waals surface area contributed by atoms with Crippen LogP contribution < -0.4 is 34.9 Å². The summed E-state index contributed by atoms with van der Waals surface area (Å²) in [4.78, 5) is 36.6. The summed E-state index contributed by atoms with van der Waals surface area (Å²) in [5, 5.41) is 18.0. The molecule has 6 heterocycles. The summed E-state index contributed by atoms with van der Waals surface area (Å²) in [6, 6.07) is 25.5. The highest BCUT2D eigenvalue weighted by Crippen LogP contribution is 2.32. The van der Waals surface area contributed by atoms with Crippen molar-refractivity contribution in [3.8, 4) is 51.1 Å². The smallest absolute Gasteiger partial charge is 0.497 e. The topological polar surface area (TPSA) is 180 Å². The van der Waals surface area contributed by atoms with Crippen LogP contribution in [0.3, 0.4) is 0 Å². The first-order valence-corrected chi connectivity index (χ1v) is 20.5. The number of para-hydroxylation sites is 4. The lowest BCUT2D eigenvalue weighted by atomic mass is 10.1. The van der Waals surface area contributed by atoms with E-state index in [-0.39, 0.29) is 22.3 Å². The molecule has 8 aromatic rings. The number of anilines is 2. The fraction of sp³-hybridized carbons (Fsp3) is 0.244. The van der Waals surface area contributed by atoms with Crippen molar-refractivity contribution >= 4 is 33.4 Å². The number of hydrogen-bond acceptors (Lipinski definition) is 13. The summed E-state index contributed by atoms with van der Waals surface area (Å²) in [7, 11) is 2.96. The Morgan fingerprint density at radius 1 is 0.615 bits per heavy atom.